The van der Waals surface area contributed by atoms with Crippen molar-refractivity contribution >= 4 is 17.5 Å². The molecule has 0 aromatic heterocycles. The molecule has 0 saturated heterocycles. The van der Waals surface area contributed by atoms with Gasteiger partial charge in [0.2, 0.25) is 5.91 Å². The average molecular weight is 267 g/mol. The van der Waals surface area contributed by atoms with Gasteiger partial charge in [-0.15, -0.1) is 0 Å². The van der Waals surface area contributed by atoms with Crippen LogP contribution in [0.4, 0.5) is 0 Å². The van der Waals surface area contributed by atoms with E-state index >= 15 is 0 Å². The third-order valence-electron chi connectivity index (χ3n) is 3.61. The summed E-state index contributed by atoms with van der Waals surface area (Å²) in [6.07, 6.45) is 3.47. The molecule has 1 aliphatic carbocycles. The highest BCUT2D eigenvalue weighted by atomic mass is 35.5. The predicted molar refractivity (Wildman–Crippen MR) is 73.4 cm³/mol. The van der Waals surface area contributed by atoms with E-state index in [9.17, 15) is 4.79 Å². The summed E-state index contributed by atoms with van der Waals surface area (Å²) in [4.78, 5) is 11.9. The minimum atomic E-state index is -0.260. The molecule has 1 fully saturated rings. The number of hydrogen-bond acceptors (Lipinski definition) is 2. The van der Waals surface area contributed by atoms with Gasteiger partial charge < -0.3 is 11.1 Å². The Kier molecular flexibility index (Phi) is 3.93. The summed E-state index contributed by atoms with van der Waals surface area (Å²) in [5, 5.41) is 3.68. The fraction of sp³-hybridized carbons (Fsp3) is 0.500. The van der Waals surface area contributed by atoms with Crippen LogP contribution in [0.15, 0.2) is 24.3 Å². The van der Waals surface area contributed by atoms with Crippen molar-refractivity contribution < 1.29 is 4.79 Å². The Labute approximate surface area is 113 Å². The minimum Gasteiger partial charge on any atom is -0.350 e. The highest BCUT2D eigenvalue weighted by Gasteiger charge is 2.34. The fourth-order valence-electron chi connectivity index (χ4n) is 2.25. The monoisotopic (exact) mass is 266 g/mol. The largest absolute Gasteiger partial charge is 0.350 e. The lowest BCUT2D eigenvalue weighted by Gasteiger charge is -2.37. The summed E-state index contributed by atoms with van der Waals surface area (Å²) in [5.74, 6) is 0.0275. The molecule has 4 heteroatoms. The number of carbonyl (C=O) groups excluding carboxylic acids is 1. The molecule has 3 N–H and O–H groups in total. The molecule has 3 nitrogen and oxygen atoms in total. The lowest BCUT2D eigenvalue weighted by Crippen LogP contribution is -2.50. The number of hydrogen-bond donors (Lipinski definition) is 2. The Morgan fingerprint density at radius 1 is 1.44 bits per heavy atom. The minimum absolute atomic E-state index is 0.0153. The molecule has 0 spiro atoms. The van der Waals surface area contributed by atoms with E-state index in [1.165, 1.54) is 0 Å². The van der Waals surface area contributed by atoms with Crippen LogP contribution >= 0.6 is 11.6 Å². The Hall–Kier alpha value is -1.06. The summed E-state index contributed by atoms with van der Waals surface area (Å²) >= 11 is 5.83. The molecule has 98 valence electrons. The Morgan fingerprint density at radius 3 is 2.56 bits per heavy atom. The van der Waals surface area contributed by atoms with Gasteiger partial charge in [0.15, 0.2) is 0 Å². The van der Waals surface area contributed by atoms with Crippen LogP contribution < -0.4 is 11.1 Å². The zero-order valence-electron chi connectivity index (χ0n) is 10.6. The van der Waals surface area contributed by atoms with Crippen molar-refractivity contribution in [3.05, 3.63) is 34.9 Å². The molecule has 1 saturated carbocycles. The molecule has 0 heterocycles. The van der Waals surface area contributed by atoms with E-state index in [0.29, 0.717) is 11.4 Å². The molecule has 1 aromatic carbocycles. The number of nitrogens with two attached hydrogens (primary N) is 1. The van der Waals surface area contributed by atoms with Crippen LogP contribution in [0, 0.1) is 0 Å². The number of nitrogens with one attached hydrogen (secondary N) is 1. The average Bonchev–Trinajstić information content (AvgIpc) is 2.27. The summed E-state index contributed by atoms with van der Waals surface area (Å²) in [5.41, 5.74) is 6.85. The first-order valence-corrected chi connectivity index (χ1v) is 6.70. The van der Waals surface area contributed by atoms with Gasteiger partial charge >= 0.3 is 0 Å². The molecule has 2 rings (SSSR count). The van der Waals surface area contributed by atoms with Gasteiger partial charge in [-0.1, -0.05) is 23.7 Å². The van der Waals surface area contributed by atoms with E-state index in [0.717, 1.165) is 24.8 Å². The molecular formula is C14H19ClN2O. The van der Waals surface area contributed by atoms with Crippen LogP contribution in [0.5, 0.6) is 0 Å². The molecule has 18 heavy (non-hydrogen) atoms. The van der Waals surface area contributed by atoms with Crippen molar-refractivity contribution in [2.24, 2.45) is 5.73 Å². The van der Waals surface area contributed by atoms with Gasteiger partial charge in [-0.2, -0.15) is 0 Å². The van der Waals surface area contributed by atoms with Gasteiger partial charge in [0.25, 0.3) is 0 Å². The molecule has 0 bridgehead atoms. The topological polar surface area (TPSA) is 55.1 Å². The van der Waals surface area contributed by atoms with Crippen molar-refractivity contribution in [2.45, 2.75) is 44.2 Å². The lowest BCUT2D eigenvalue weighted by atomic mass is 9.75. The molecule has 0 unspecified atom stereocenters. The van der Waals surface area contributed by atoms with Crippen LogP contribution in [0.3, 0.4) is 0 Å². The van der Waals surface area contributed by atoms with E-state index in [4.69, 9.17) is 17.3 Å². The van der Waals surface area contributed by atoms with E-state index in [2.05, 4.69) is 5.32 Å². The van der Waals surface area contributed by atoms with Crippen molar-refractivity contribution in [1.29, 1.82) is 0 Å². The highest BCUT2D eigenvalue weighted by molar-refractivity contribution is 6.30. The first-order valence-electron chi connectivity index (χ1n) is 6.32. The van der Waals surface area contributed by atoms with Crippen LogP contribution in [-0.2, 0) is 4.79 Å². The maximum Gasteiger partial charge on any atom is 0.222 e. The number of carbonyl (C=O) groups is 1. The molecule has 0 radical (unpaired) electrons. The van der Waals surface area contributed by atoms with Gasteiger partial charge in [0.05, 0.1) is 6.04 Å². The number of rotatable bonds is 4. The standard InChI is InChI=1S/C14H19ClN2O/c1-10(11-3-5-12(15)6-4-11)17-13(18)9-14(16)7-2-8-14/h3-6,10H,2,7-9,16H2,1H3,(H,17,18)/t10-/m1/s1. The second-order valence-corrected chi connectivity index (χ2v) is 5.67. The quantitative estimate of drug-likeness (QED) is 0.880. The van der Waals surface area contributed by atoms with Gasteiger partial charge in [0, 0.05) is 17.0 Å². The second-order valence-electron chi connectivity index (χ2n) is 5.23. The summed E-state index contributed by atoms with van der Waals surface area (Å²) in [6, 6.07) is 7.49. The number of benzene rings is 1. The van der Waals surface area contributed by atoms with Gasteiger partial charge in [-0.05, 0) is 43.9 Å². The molecule has 1 atom stereocenters. The highest BCUT2D eigenvalue weighted by Crippen LogP contribution is 2.32. The van der Waals surface area contributed by atoms with Crippen LogP contribution in [0.1, 0.15) is 44.2 Å². The summed E-state index contributed by atoms with van der Waals surface area (Å²) in [7, 11) is 0. The maximum absolute atomic E-state index is 11.9. The lowest BCUT2D eigenvalue weighted by molar-refractivity contribution is -0.123. The molecule has 1 aliphatic rings. The first kappa shape index (κ1) is 13.4. The zero-order valence-corrected chi connectivity index (χ0v) is 11.3. The summed E-state index contributed by atoms with van der Waals surface area (Å²) < 4.78 is 0. The fourth-order valence-corrected chi connectivity index (χ4v) is 2.38. The Balaban J connectivity index is 1.88. The van der Waals surface area contributed by atoms with E-state index in [1.807, 2.05) is 31.2 Å². The zero-order chi connectivity index (χ0) is 13.2. The molecular weight excluding hydrogens is 248 g/mol. The van der Waals surface area contributed by atoms with Gasteiger partial charge in [0.1, 0.15) is 0 Å². The number of halogens is 1. The normalized spacial score (nSPS) is 18.8. The van der Waals surface area contributed by atoms with Crippen LogP contribution in [0.25, 0.3) is 0 Å². The van der Waals surface area contributed by atoms with Crippen molar-refractivity contribution in [3.8, 4) is 0 Å². The van der Waals surface area contributed by atoms with Crippen LogP contribution in [-0.4, -0.2) is 11.4 Å². The Bertz CT molecular complexity index is 426. The van der Waals surface area contributed by atoms with E-state index in [-0.39, 0.29) is 17.5 Å². The SMILES string of the molecule is C[C@@H](NC(=O)CC1(N)CCC1)c1ccc(Cl)cc1. The summed E-state index contributed by atoms with van der Waals surface area (Å²) in [6.45, 7) is 1.96. The van der Waals surface area contributed by atoms with Crippen molar-refractivity contribution in [2.75, 3.05) is 0 Å². The van der Waals surface area contributed by atoms with Crippen molar-refractivity contribution in [3.63, 3.8) is 0 Å². The van der Waals surface area contributed by atoms with Crippen molar-refractivity contribution in [1.82, 2.24) is 5.32 Å². The smallest absolute Gasteiger partial charge is 0.222 e. The van der Waals surface area contributed by atoms with Gasteiger partial charge in [-0.25, -0.2) is 0 Å². The third-order valence-corrected chi connectivity index (χ3v) is 3.86. The third kappa shape index (κ3) is 3.24. The van der Waals surface area contributed by atoms with E-state index in [1.54, 1.807) is 0 Å². The van der Waals surface area contributed by atoms with E-state index < -0.39 is 0 Å². The first-order chi connectivity index (χ1) is 8.48. The maximum atomic E-state index is 11.9. The molecule has 1 aromatic rings. The second kappa shape index (κ2) is 5.29. The molecule has 1 amide bonds. The molecule has 0 aliphatic heterocycles. The Morgan fingerprint density at radius 2 is 2.06 bits per heavy atom. The van der Waals surface area contributed by atoms with Gasteiger partial charge in [-0.3, -0.25) is 4.79 Å². The predicted octanol–water partition coefficient (Wildman–Crippen LogP) is 2.79. The number of amides is 1. The van der Waals surface area contributed by atoms with Crippen LogP contribution in [0.2, 0.25) is 5.02 Å².